The van der Waals surface area contributed by atoms with Crippen molar-refractivity contribution in [1.82, 2.24) is 9.97 Å². The predicted octanol–water partition coefficient (Wildman–Crippen LogP) is 1.28. The minimum Gasteiger partial charge on any atom is -0.368 e. The van der Waals surface area contributed by atoms with Crippen LogP contribution in [0.3, 0.4) is 0 Å². The molecule has 0 aliphatic heterocycles. The lowest BCUT2D eigenvalue weighted by Gasteiger charge is -2.14. The Hall–Kier alpha value is -0.880. The van der Waals surface area contributed by atoms with Gasteiger partial charge in [0.15, 0.2) is 5.82 Å². The Morgan fingerprint density at radius 3 is 3.00 bits per heavy atom. The van der Waals surface area contributed by atoms with Gasteiger partial charge in [-0.3, -0.25) is 4.21 Å². The monoisotopic (exact) mass is 262 g/mol. The molecule has 0 bridgehead atoms. The van der Waals surface area contributed by atoms with E-state index in [2.05, 4.69) is 15.3 Å². The summed E-state index contributed by atoms with van der Waals surface area (Å²) in [5.41, 5.74) is 5.46. The maximum Gasteiger partial charge on any atom is 0.222 e. The number of anilines is 2. The van der Waals surface area contributed by atoms with Crippen LogP contribution in [-0.4, -0.2) is 32.2 Å². The molecule has 1 heterocycles. The maximum atomic E-state index is 10.9. The molecular formula is C9H15ClN4OS. The molecular weight excluding hydrogens is 248 g/mol. The van der Waals surface area contributed by atoms with Gasteiger partial charge in [-0.2, -0.15) is 4.98 Å². The second-order valence-electron chi connectivity index (χ2n) is 3.54. The topological polar surface area (TPSA) is 80.9 Å². The zero-order valence-electron chi connectivity index (χ0n) is 9.24. The lowest BCUT2D eigenvalue weighted by molar-refractivity contribution is 0.678. The van der Waals surface area contributed by atoms with Crippen molar-refractivity contribution in [1.29, 1.82) is 0 Å². The Bertz CT molecular complexity index is 388. The normalized spacial score (nSPS) is 14.4. The van der Waals surface area contributed by atoms with Gasteiger partial charge in [0.2, 0.25) is 5.95 Å². The van der Waals surface area contributed by atoms with E-state index in [-0.39, 0.29) is 12.0 Å². The highest BCUT2D eigenvalue weighted by Crippen LogP contribution is 2.19. The largest absolute Gasteiger partial charge is 0.368 e. The van der Waals surface area contributed by atoms with Crippen molar-refractivity contribution >= 4 is 34.2 Å². The molecule has 1 rings (SSSR count). The summed E-state index contributed by atoms with van der Waals surface area (Å²) in [6.07, 6.45) is 3.92. The average Bonchev–Trinajstić information content (AvgIpc) is 2.20. The van der Waals surface area contributed by atoms with E-state index in [4.69, 9.17) is 17.3 Å². The number of hydrogen-bond donors (Lipinski definition) is 2. The molecule has 0 radical (unpaired) electrons. The molecule has 0 amide bonds. The lowest BCUT2D eigenvalue weighted by atomic mass is 10.2. The minimum absolute atomic E-state index is 0.135. The van der Waals surface area contributed by atoms with Crippen LogP contribution < -0.4 is 11.1 Å². The first-order valence-corrected chi connectivity index (χ1v) is 6.94. The van der Waals surface area contributed by atoms with Crippen LogP contribution in [0.15, 0.2) is 6.20 Å². The van der Waals surface area contributed by atoms with Gasteiger partial charge in [-0.25, -0.2) is 4.98 Å². The highest BCUT2D eigenvalue weighted by Gasteiger charge is 2.08. The number of nitrogens with one attached hydrogen (secondary N) is 1. The first-order chi connectivity index (χ1) is 7.49. The van der Waals surface area contributed by atoms with Crippen LogP contribution in [0.4, 0.5) is 11.8 Å². The standard InChI is InChI=1S/C9H15ClN4OS/c1-6(3-4-16(2)15)13-8-7(10)5-12-9(11)14-8/h5-6H,3-4H2,1-2H3,(H3,11,12,13,14). The van der Waals surface area contributed by atoms with E-state index in [1.807, 2.05) is 6.92 Å². The number of aromatic nitrogens is 2. The Kier molecular flexibility index (Phi) is 4.95. The number of hydrogen-bond acceptors (Lipinski definition) is 5. The summed E-state index contributed by atoms with van der Waals surface area (Å²) in [6.45, 7) is 1.97. The molecule has 2 unspecified atom stereocenters. The summed E-state index contributed by atoms with van der Waals surface area (Å²) in [5.74, 6) is 1.34. The lowest BCUT2D eigenvalue weighted by Crippen LogP contribution is -2.19. The van der Waals surface area contributed by atoms with Crippen molar-refractivity contribution in [2.24, 2.45) is 0 Å². The molecule has 3 N–H and O–H groups in total. The molecule has 0 fully saturated rings. The van der Waals surface area contributed by atoms with Gasteiger partial charge in [-0.1, -0.05) is 11.6 Å². The van der Waals surface area contributed by atoms with Crippen molar-refractivity contribution in [2.75, 3.05) is 23.1 Å². The van der Waals surface area contributed by atoms with Crippen LogP contribution >= 0.6 is 11.6 Å². The van der Waals surface area contributed by atoms with Crippen LogP contribution in [-0.2, 0) is 10.8 Å². The first-order valence-electron chi connectivity index (χ1n) is 4.83. The summed E-state index contributed by atoms with van der Waals surface area (Å²) in [5, 5.41) is 3.54. The SMILES string of the molecule is CC(CCS(C)=O)Nc1nc(N)ncc1Cl. The number of nitrogens with two attached hydrogens (primary N) is 1. The predicted molar refractivity (Wildman–Crippen MR) is 68.1 cm³/mol. The molecule has 0 saturated carbocycles. The highest BCUT2D eigenvalue weighted by atomic mass is 35.5. The second kappa shape index (κ2) is 6.00. The third-order valence-corrected chi connectivity index (χ3v) is 3.07. The molecule has 5 nitrogen and oxygen atoms in total. The van der Waals surface area contributed by atoms with Crippen molar-refractivity contribution in [3.63, 3.8) is 0 Å². The molecule has 0 aliphatic carbocycles. The van der Waals surface area contributed by atoms with Crippen LogP contribution in [0, 0.1) is 0 Å². The summed E-state index contributed by atoms with van der Waals surface area (Å²) in [4.78, 5) is 7.75. The van der Waals surface area contributed by atoms with Crippen LogP contribution in [0.2, 0.25) is 5.02 Å². The number of nitrogens with zero attached hydrogens (tertiary/aromatic N) is 2. The Balaban J connectivity index is 2.58. The quantitative estimate of drug-likeness (QED) is 0.836. The van der Waals surface area contributed by atoms with Gasteiger partial charge in [0.1, 0.15) is 5.02 Å². The van der Waals surface area contributed by atoms with E-state index in [1.165, 1.54) is 6.20 Å². The fraction of sp³-hybridized carbons (Fsp3) is 0.556. The van der Waals surface area contributed by atoms with E-state index in [9.17, 15) is 4.21 Å². The van der Waals surface area contributed by atoms with Gasteiger partial charge < -0.3 is 11.1 Å². The Labute approximate surface area is 102 Å². The van der Waals surface area contributed by atoms with Crippen LogP contribution in [0.1, 0.15) is 13.3 Å². The van der Waals surface area contributed by atoms with E-state index in [0.29, 0.717) is 16.6 Å². The molecule has 0 aliphatic rings. The van der Waals surface area contributed by atoms with Crippen molar-refractivity contribution < 1.29 is 4.21 Å². The van der Waals surface area contributed by atoms with Crippen LogP contribution in [0.25, 0.3) is 0 Å². The molecule has 1 aromatic heterocycles. The van der Waals surface area contributed by atoms with E-state index >= 15 is 0 Å². The highest BCUT2D eigenvalue weighted by molar-refractivity contribution is 7.84. The third-order valence-electron chi connectivity index (χ3n) is 1.98. The van der Waals surface area contributed by atoms with Gasteiger partial charge in [0, 0.05) is 28.9 Å². The van der Waals surface area contributed by atoms with Gasteiger partial charge in [-0.15, -0.1) is 0 Å². The van der Waals surface area contributed by atoms with Gasteiger partial charge in [0.25, 0.3) is 0 Å². The van der Waals surface area contributed by atoms with Crippen molar-refractivity contribution in [2.45, 2.75) is 19.4 Å². The molecule has 0 saturated heterocycles. The van der Waals surface area contributed by atoms with Crippen LogP contribution in [0.5, 0.6) is 0 Å². The fourth-order valence-corrected chi connectivity index (χ4v) is 1.96. The third kappa shape index (κ3) is 4.32. The molecule has 0 aromatic carbocycles. The minimum atomic E-state index is -0.784. The van der Waals surface area contributed by atoms with Gasteiger partial charge in [0.05, 0.1) is 6.20 Å². The molecule has 7 heteroatoms. The Morgan fingerprint density at radius 2 is 2.38 bits per heavy atom. The average molecular weight is 263 g/mol. The fourth-order valence-electron chi connectivity index (χ4n) is 1.13. The smallest absolute Gasteiger partial charge is 0.222 e. The maximum absolute atomic E-state index is 10.9. The zero-order chi connectivity index (χ0) is 12.1. The van der Waals surface area contributed by atoms with E-state index in [1.54, 1.807) is 6.26 Å². The summed E-state index contributed by atoms with van der Waals surface area (Å²) in [6, 6.07) is 0.135. The molecule has 90 valence electrons. The number of halogens is 1. The molecule has 16 heavy (non-hydrogen) atoms. The van der Waals surface area contributed by atoms with Gasteiger partial charge >= 0.3 is 0 Å². The summed E-state index contributed by atoms with van der Waals surface area (Å²) >= 11 is 5.90. The molecule has 1 aromatic rings. The van der Waals surface area contributed by atoms with Gasteiger partial charge in [-0.05, 0) is 13.3 Å². The number of rotatable bonds is 5. The van der Waals surface area contributed by atoms with Crippen molar-refractivity contribution in [3.8, 4) is 0 Å². The Morgan fingerprint density at radius 1 is 1.69 bits per heavy atom. The summed E-state index contributed by atoms with van der Waals surface area (Å²) < 4.78 is 10.9. The van der Waals surface area contributed by atoms with Crippen molar-refractivity contribution in [3.05, 3.63) is 11.2 Å². The van der Waals surface area contributed by atoms with E-state index < -0.39 is 10.8 Å². The first kappa shape index (κ1) is 13.2. The number of nitrogen functional groups attached to an aromatic ring is 1. The second-order valence-corrected chi connectivity index (χ2v) is 5.50. The van der Waals surface area contributed by atoms with E-state index in [0.717, 1.165) is 6.42 Å². The summed E-state index contributed by atoms with van der Waals surface area (Å²) in [7, 11) is -0.784. The zero-order valence-corrected chi connectivity index (χ0v) is 10.8. The molecule has 2 atom stereocenters. The molecule has 0 spiro atoms.